The summed E-state index contributed by atoms with van der Waals surface area (Å²) >= 11 is 0. The molecule has 0 saturated heterocycles. The normalized spacial score (nSPS) is 9.88. The number of primary amides is 1. The number of amides is 1. The van der Waals surface area contributed by atoms with Gasteiger partial charge in [0, 0.05) is 51.4 Å². The number of carbonyl (C=O) groups is 1. The summed E-state index contributed by atoms with van der Waals surface area (Å²) in [5.41, 5.74) is 3.81. The molecule has 0 aromatic rings. The minimum atomic E-state index is -4.86. The van der Waals surface area contributed by atoms with Crippen LogP contribution in [0.1, 0.15) is 0 Å². The van der Waals surface area contributed by atoms with Gasteiger partial charge in [-0.15, -0.1) is 0 Å². The number of hydrogen-bond acceptors (Lipinski definition) is 1. The van der Waals surface area contributed by atoms with Gasteiger partial charge >= 0.3 is 12.1 Å². The number of rotatable bonds is 0. The standard InChI is InChI=1S/C2H2F3NO.K/c3-2(4,5)1(6)7;/h(H2,6,7);. The van der Waals surface area contributed by atoms with Gasteiger partial charge in [-0.3, -0.25) is 4.79 Å². The third-order valence-corrected chi connectivity index (χ3v) is 0.279. The Kier molecular flexibility index (Phi) is 5.59. The summed E-state index contributed by atoms with van der Waals surface area (Å²) in [6, 6.07) is 0. The fourth-order valence-electron chi connectivity index (χ4n) is 0. The second-order valence-electron chi connectivity index (χ2n) is 0.862. The molecular weight excluding hydrogens is 150 g/mol. The average molecular weight is 152 g/mol. The van der Waals surface area contributed by atoms with Crippen molar-refractivity contribution in [3.05, 3.63) is 0 Å². The van der Waals surface area contributed by atoms with E-state index < -0.39 is 12.1 Å². The maximum Gasteiger partial charge on any atom is 0.470 e. The molecule has 0 fully saturated rings. The van der Waals surface area contributed by atoms with Crippen molar-refractivity contribution >= 4 is 57.3 Å². The molecule has 0 unspecified atom stereocenters. The number of alkyl halides is 3. The van der Waals surface area contributed by atoms with Crippen LogP contribution in [0.4, 0.5) is 13.2 Å². The Morgan fingerprint density at radius 1 is 1.38 bits per heavy atom. The Labute approximate surface area is 86.0 Å². The summed E-state index contributed by atoms with van der Waals surface area (Å²) < 4.78 is 32.1. The van der Waals surface area contributed by atoms with Crippen molar-refractivity contribution < 1.29 is 18.0 Å². The molecule has 1 amide bonds. The minimum Gasteiger partial charge on any atom is -0.362 e. The molecule has 0 rings (SSSR count). The van der Waals surface area contributed by atoms with Crippen molar-refractivity contribution in [2.75, 3.05) is 0 Å². The number of hydrogen-bond donors (Lipinski definition) is 1. The Hall–Kier alpha value is 0.896. The Morgan fingerprint density at radius 2 is 1.50 bits per heavy atom. The van der Waals surface area contributed by atoms with Crippen LogP contribution in [-0.2, 0) is 4.79 Å². The van der Waals surface area contributed by atoms with Crippen LogP contribution in [0.2, 0.25) is 0 Å². The van der Waals surface area contributed by atoms with Crippen LogP contribution in [0.3, 0.4) is 0 Å². The Morgan fingerprint density at radius 3 is 1.50 bits per heavy atom. The van der Waals surface area contributed by atoms with Gasteiger partial charge in [-0.25, -0.2) is 0 Å². The maximum atomic E-state index is 10.7. The maximum absolute atomic E-state index is 10.7. The monoisotopic (exact) mass is 152 g/mol. The first-order valence-corrected chi connectivity index (χ1v) is 1.31. The smallest absolute Gasteiger partial charge is 0.362 e. The molecule has 0 atom stereocenters. The van der Waals surface area contributed by atoms with Crippen molar-refractivity contribution in [1.82, 2.24) is 0 Å². The van der Waals surface area contributed by atoms with Crippen LogP contribution in [0, 0.1) is 0 Å². The Bertz CT molecular complexity index is 89.8. The van der Waals surface area contributed by atoms with Crippen LogP contribution in [-0.4, -0.2) is 63.5 Å². The molecule has 0 aromatic heterocycles. The van der Waals surface area contributed by atoms with Crippen molar-refractivity contribution in [2.24, 2.45) is 5.73 Å². The van der Waals surface area contributed by atoms with Gasteiger partial charge in [-0.2, -0.15) is 13.2 Å². The van der Waals surface area contributed by atoms with Crippen molar-refractivity contribution in [3.63, 3.8) is 0 Å². The quantitative estimate of drug-likeness (QED) is 0.474. The predicted molar refractivity (Wildman–Crippen MR) is 21.0 cm³/mol. The van der Waals surface area contributed by atoms with Gasteiger partial charge in [0.05, 0.1) is 0 Å². The molecule has 0 bridgehead atoms. The fraction of sp³-hybridized carbons (Fsp3) is 0.500. The summed E-state index contributed by atoms with van der Waals surface area (Å²) in [6.45, 7) is 0. The summed E-state index contributed by atoms with van der Waals surface area (Å²) in [7, 11) is 0. The predicted octanol–water partition coefficient (Wildman–Crippen LogP) is -0.347. The molecule has 2 N–H and O–H groups in total. The first kappa shape index (κ1) is 11.7. The van der Waals surface area contributed by atoms with E-state index in [9.17, 15) is 13.2 Å². The van der Waals surface area contributed by atoms with Crippen LogP contribution >= 0.6 is 0 Å². The van der Waals surface area contributed by atoms with Crippen molar-refractivity contribution in [1.29, 1.82) is 0 Å². The minimum absolute atomic E-state index is 0. The van der Waals surface area contributed by atoms with Crippen LogP contribution in [0.25, 0.3) is 0 Å². The summed E-state index contributed by atoms with van der Waals surface area (Å²) in [5, 5.41) is 0. The van der Waals surface area contributed by atoms with Gasteiger partial charge in [0.1, 0.15) is 0 Å². The second-order valence-corrected chi connectivity index (χ2v) is 0.862. The van der Waals surface area contributed by atoms with E-state index in [1.807, 2.05) is 0 Å². The van der Waals surface area contributed by atoms with Crippen molar-refractivity contribution in [3.8, 4) is 0 Å². The van der Waals surface area contributed by atoms with Crippen molar-refractivity contribution in [2.45, 2.75) is 6.18 Å². The molecule has 1 radical (unpaired) electrons. The zero-order valence-corrected chi connectivity index (χ0v) is 7.24. The largest absolute Gasteiger partial charge is 0.470 e. The van der Waals surface area contributed by atoms with Gasteiger partial charge in [-0.05, 0) is 0 Å². The van der Waals surface area contributed by atoms with E-state index in [2.05, 4.69) is 5.73 Å². The Balaban J connectivity index is 0. The van der Waals surface area contributed by atoms with Gasteiger partial charge in [0.15, 0.2) is 0 Å². The third kappa shape index (κ3) is 5.04. The molecule has 0 aliphatic carbocycles. The van der Waals surface area contributed by atoms with E-state index in [1.54, 1.807) is 0 Å². The second kappa shape index (κ2) is 3.83. The molecular formula is C2H2F3KNO. The van der Waals surface area contributed by atoms with E-state index in [4.69, 9.17) is 4.79 Å². The molecule has 0 aromatic carbocycles. The van der Waals surface area contributed by atoms with Crippen LogP contribution in [0.5, 0.6) is 0 Å². The van der Waals surface area contributed by atoms with Gasteiger partial charge < -0.3 is 5.73 Å². The SMILES string of the molecule is NC(=O)C(F)(F)F.[K]. The van der Waals surface area contributed by atoms with Crippen LogP contribution in [0.15, 0.2) is 0 Å². The molecule has 8 heavy (non-hydrogen) atoms. The molecule has 6 heteroatoms. The average Bonchev–Trinajstić information content (AvgIpc) is 1.31. The topological polar surface area (TPSA) is 43.1 Å². The van der Waals surface area contributed by atoms with Gasteiger partial charge in [-0.1, -0.05) is 0 Å². The van der Waals surface area contributed by atoms with E-state index in [0.717, 1.165) is 0 Å². The number of carbonyl (C=O) groups excluding carboxylic acids is 1. The summed E-state index contributed by atoms with van der Waals surface area (Å²) in [5.74, 6) is -2.26. The molecule has 0 aliphatic heterocycles. The summed E-state index contributed by atoms with van der Waals surface area (Å²) in [6.07, 6.45) is -4.86. The summed E-state index contributed by atoms with van der Waals surface area (Å²) in [4.78, 5) is 9.12. The fourth-order valence-corrected chi connectivity index (χ4v) is 0. The van der Waals surface area contributed by atoms with Gasteiger partial charge in [0.2, 0.25) is 0 Å². The zero-order chi connectivity index (χ0) is 6.08. The molecule has 0 heterocycles. The number of nitrogens with two attached hydrogens (primary N) is 1. The molecule has 0 spiro atoms. The zero-order valence-electron chi connectivity index (χ0n) is 4.12. The molecule has 0 aliphatic rings. The molecule has 0 saturated carbocycles. The number of halogens is 3. The molecule has 2 nitrogen and oxygen atoms in total. The van der Waals surface area contributed by atoms with E-state index >= 15 is 0 Å². The third-order valence-electron chi connectivity index (χ3n) is 0.279. The van der Waals surface area contributed by atoms with Gasteiger partial charge in [0.25, 0.3) is 0 Å². The first-order valence-electron chi connectivity index (χ1n) is 1.31. The van der Waals surface area contributed by atoms with Crippen LogP contribution < -0.4 is 5.73 Å². The van der Waals surface area contributed by atoms with E-state index in [0.29, 0.717) is 0 Å². The first-order chi connectivity index (χ1) is 2.94. The van der Waals surface area contributed by atoms with E-state index in [-0.39, 0.29) is 51.4 Å². The molecule has 43 valence electrons. The van der Waals surface area contributed by atoms with E-state index in [1.165, 1.54) is 0 Å².